The zero-order valence-electron chi connectivity index (χ0n) is 19.8. The van der Waals surface area contributed by atoms with Crippen molar-refractivity contribution in [2.24, 2.45) is 35.0 Å². The molecule has 1 heterocycles. The molecule has 0 radical (unpaired) electrons. The number of fused-ring (bicyclic) bond motifs is 5. The summed E-state index contributed by atoms with van der Waals surface area (Å²) < 4.78 is 11.3. The van der Waals surface area contributed by atoms with Gasteiger partial charge in [-0.15, -0.1) is 6.42 Å². The van der Waals surface area contributed by atoms with Crippen LogP contribution in [0.15, 0.2) is 0 Å². The highest BCUT2D eigenvalue weighted by Crippen LogP contribution is 2.65. The minimum Gasteiger partial charge on any atom is -0.479 e. The number of aliphatic hydroxyl groups excluding tert-OH is 3. The molecule has 34 heavy (non-hydrogen) atoms. The van der Waals surface area contributed by atoms with Crippen LogP contribution in [0.25, 0.3) is 0 Å². The summed E-state index contributed by atoms with van der Waals surface area (Å²) in [6.07, 6.45) is 6.33. The summed E-state index contributed by atoms with van der Waals surface area (Å²) in [5, 5.41) is 50.7. The third-order valence-corrected chi connectivity index (χ3v) is 10.4. The molecule has 1 saturated heterocycles. The highest BCUT2D eigenvalue weighted by atomic mass is 16.7. The van der Waals surface area contributed by atoms with Crippen molar-refractivity contribution in [1.82, 2.24) is 0 Å². The molecule has 0 bridgehead atoms. The number of aliphatic hydroxyl groups is 4. The zero-order valence-corrected chi connectivity index (χ0v) is 19.8. The summed E-state index contributed by atoms with van der Waals surface area (Å²) in [4.78, 5) is 11.4. The molecule has 0 aromatic heterocycles. The SMILES string of the molecule is C#C[C@]1(O)CC[C@H]2[C@@H]3CC[C@@H]4C[C@@H](OC5O[C@H](C(=O)O)[C@@H](O)[C@H](O)[C@H]5O)CC[C@@H]4[C@H]3CC[C@@]21C. The fourth-order valence-electron chi connectivity index (χ4n) is 8.54. The molecule has 8 nitrogen and oxygen atoms in total. The molecule has 5 N–H and O–H groups in total. The van der Waals surface area contributed by atoms with Crippen LogP contribution >= 0.6 is 0 Å². The van der Waals surface area contributed by atoms with Crippen molar-refractivity contribution < 1.29 is 39.8 Å². The quantitative estimate of drug-likeness (QED) is 0.302. The molecule has 0 aromatic rings. The Morgan fingerprint density at radius 2 is 1.71 bits per heavy atom. The summed E-state index contributed by atoms with van der Waals surface area (Å²) in [6.45, 7) is 2.20. The Kier molecular flexibility index (Phi) is 6.28. The molecule has 8 heteroatoms. The number of carboxylic acid groups (broad SMARTS) is 1. The van der Waals surface area contributed by atoms with E-state index in [4.69, 9.17) is 15.9 Å². The first-order valence-corrected chi connectivity index (χ1v) is 12.9. The molecule has 1 aliphatic heterocycles. The van der Waals surface area contributed by atoms with Gasteiger partial charge in [0.2, 0.25) is 0 Å². The molecule has 4 aliphatic carbocycles. The van der Waals surface area contributed by atoms with Crippen molar-refractivity contribution in [2.45, 2.75) is 107 Å². The van der Waals surface area contributed by atoms with Gasteiger partial charge in [0.1, 0.15) is 23.9 Å². The normalized spacial score (nSPS) is 54.9. The monoisotopic (exact) mass is 478 g/mol. The van der Waals surface area contributed by atoms with Gasteiger partial charge in [0.15, 0.2) is 12.4 Å². The molecular weight excluding hydrogens is 440 g/mol. The lowest BCUT2D eigenvalue weighted by molar-refractivity contribution is -0.308. The van der Waals surface area contributed by atoms with E-state index >= 15 is 0 Å². The third-order valence-electron chi connectivity index (χ3n) is 10.4. The number of rotatable bonds is 3. The van der Waals surface area contributed by atoms with Gasteiger partial charge in [-0.2, -0.15) is 0 Å². The standard InChI is InChI=1S/C26H38O8/c1-3-26(32)11-9-18-17-6-4-13-12-14(5-7-15(13)16(17)8-10-25(18,26)2)33-24-21(29)19(27)20(28)22(34-24)23(30)31/h1,13-22,24,27-29,32H,4-12H2,2H3,(H,30,31)/t13-,14+,15+,16-,17-,18+,19+,20+,21-,22+,24?,25+,26+/m1/s1. The lowest BCUT2D eigenvalue weighted by Gasteiger charge is -2.57. The maximum atomic E-state index is 11.4. The molecule has 13 atom stereocenters. The van der Waals surface area contributed by atoms with Crippen LogP contribution in [0.3, 0.4) is 0 Å². The Bertz CT molecular complexity index is 841. The molecular formula is C26H38O8. The average molecular weight is 479 g/mol. The number of hydrogen-bond acceptors (Lipinski definition) is 7. The number of terminal acetylenes is 1. The second-order valence-corrected chi connectivity index (χ2v) is 11.7. The molecule has 5 rings (SSSR count). The predicted octanol–water partition coefficient (Wildman–Crippen LogP) is 1.28. The van der Waals surface area contributed by atoms with Crippen molar-refractivity contribution in [2.75, 3.05) is 0 Å². The van der Waals surface area contributed by atoms with Gasteiger partial charge in [-0.1, -0.05) is 12.8 Å². The Morgan fingerprint density at radius 1 is 0.971 bits per heavy atom. The maximum Gasteiger partial charge on any atom is 0.335 e. The van der Waals surface area contributed by atoms with Crippen molar-refractivity contribution >= 4 is 5.97 Å². The van der Waals surface area contributed by atoms with Crippen LogP contribution in [-0.2, 0) is 14.3 Å². The van der Waals surface area contributed by atoms with E-state index in [1.165, 1.54) is 0 Å². The second kappa shape index (κ2) is 8.72. The van der Waals surface area contributed by atoms with Crippen LogP contribution in [0.5, 0.6) is 0 Å². The number of carbonyl (C=O) groups is 1. The Hall–Kier alpha value is -1.21. The van der Waals surface area contributed by atoms with Gasteiger partial charge in [0, 0.05) is 5.41 Å². The first-order chi connectivity index (χ1) is 16.1. The summed E-state index contributed by atoms with van der Waals surface area (Å²) >= 11 is 0. The number of hydrogen-bond donors (Lipinski definition) is 5. The average Bonchev–Trinajstić information content (AvgIpc) is 3.10. The number of carboxylic acids is 1. The van der Waals surface area contributed by atoms with Crippen molar-refractivity contribution in [1.29, 1.82) is 0 Å². The van der Waals surface area contributed by atoms with Crippen LogP contribution in [0.4, 0.5) is 0 Å². The summed E-state index contributed by atoms with van der Waals surface area (Å²) in [5.41, 5.74) is -1.19. The largest absolute Gasteiger partial charge is 0.479 e. The first-order valence-electron chi connectivity index (χ1n) is 12.9. The third kappa shape index (κ3) is 3.63. The van der Waals surface area contributed by atoms with Gasteiger partial charge in [0.05, 0.1) is 6.10 Å². The molecule has 190 valence electrons. The Balaban J connectivity index is 1.23. The minimum atomic E-state index is -1.71. The first kappa shape index (κ1) is 24.5. The summed E-state index contributed by atoms with van der Waals surface area (Å²) in [5.74, 6) is 4.11. The summed E-state index contributed by atoms with van der Waals surface area (Å²) in [7, 11) is 0. The highest BCUT2D eigenvalue weighted by Gasteiger charge is 2.62. The predicted molar refractivity (Wildman–Crippen MR) is 120 cm³/mol. The van der Waals surface area contributed by atoms with E-state index < -0.39 is 42.3 Å². The van der Waals surface area contributed by atoms with E-state index in [0.717, 1.165) is 51.4 Å². The van der Waals surface area contributed by atoms with Crippen LogP contribution in [0.1, 0.15) is 64.7 Å². The lowest BCUT2D eigenvalue weighted by Crippen LogP contribution is -2.61. The van der Waals surface area contributed by atoms with E-state index in [1.54, 1.807) is 0 Å². The van der Waals surface area contributed by atoms with E-state index in [1.807, 2.05) is 0 Å². The Labute approximate surface area is 200 Å². The topological polar surface area (TPSA) is 137 Å². The molecule has 4 saturated carbocycles. The smallest absolute Gasteiger partial charge is 0.335 e. The van der Waals surface area contributed by atoms with E-state index in [2.05, 4.69) is 12.8 Å². The fourth-order valence-corrected chi connectivity index (χ4v) is 8.54. The van der Waals surface area contributed by atoms with E-state index in [-0.39, 0.29) is 11.5 Å². The van der Waals surface area contributed by atoms with Gasteiger partial charge >= 0.3 is 5.97 Å². The zero-order chi connectivity index (χ0) is 24.4. The molecule has 1 unspecified atom stereocenters. The van der Waals surface area contributed by atoms with Gasteiger partial charge in [-0.25, -0.2) is 4.79 Å². The fraction of sp³-hybridized carbons (Fsp3) is 0.885. The van der Waals surface area contributed by atoms with Crippen molar-refractivity contribution in [3.8, 4) is 12.3 Å². The van der Waals surface area contributed by atoms with Gasteiger partial charge < -0.3 is 35.0 Å². The van der Waals surface area contributed by atoms with Crippen molar-refractivity contribution in [3.63, 3.8) is 0 Å². The van der Waals surface area contributed by atoms with Crippen molar-refractivity contribution in [3.05, 3.63) is 0 Å². The molecule has 5 aliphatic rings. The summed E-state index contributed by atoms with van der Waals surface area (Å²) in [6, 6.07) is 0. The van der Waals surface area contributed by atoms with E-state index in [9.17, 15) is 30.3 Å². The lowest BCUT2D eigenvalue weighted by atomic mass is 9.49. The molecule has 0 aromatic carbocycles. The number of ether oxygens (including phenoxy) is 2. The van der Waals surface area contributed by atoms with Crippen LogP contribution in [0, 0.1) is 47.3 Å². The van der Waals surface area contributed by atoms with Gasteiger partial charge in [-0.05, 0) is 87.4 Å². The van der Waals surface area contributed by atoms with Gasteiger partial charge in [-0.3, -0.25) is 0 Å². The van der Waals surface area contributed by atoms with Crippen LogP contribution in [-0.4, -0.2) is 73.9 Å². The molecule has 0 spiro atoms. The minimum absolute atomic E-state index is 0.193. The van der Waals surface area contributed by atoms with Crippen LogP contribution < -0.4 is 0 Å². The second-order valence-electron chi connectivity index (χ2n) is 11.7. The Morgan fingerprint density at radius 3 is 2.41 bits per heavy atom. The molecule has 5 fully saturated rings. The van der Waals surface area contributed by atoms with E-state index in [0.29, 0.717) is 36.0 Å². The van der Waals surface area contributed by atoms with Gasteiger partial charge in [0.25, 0.3) is 0 Å². The highest BCUT2D eigenvalue weighted by molar-refractivity contribution is 5.73. The molecule has 0 amide bonds. The number of aliphatic carboxylic acids is 1. The van der Waals surface area contributed by atoms with Crippen LogP contribution in [0.2, 0.25) is 0 Å². The maximum absolute atomic E-state index is 11.4.